The Bertz CT molecular complexity index is 1000. The number of aromatic nitrogens is 3. The first kappa shape index (κ1) is 10.6. The number of nitrogens with one attached hydrogen (secondary N) is 1. The Morgan fingerprint density at radius 3 is 2.89 bits per heavy atom. The Balaban J connectivity index is 2.37. The smallest absolute Gasteiger partial charge is 0.306 e. The lowest BCUT2D eigenvalue weighted by atomic mass is 10.2. The van der Waals surface area contributed by atoms with Gasteiger partial charge in [0.1, 0.15) is 0 Å². The van der Waals surface area contributed by atoms with Crippen LogP contribution in [0.2, 0.25) is 5.02 Å². The molecule has 0 radical (unpaired) electrons. The van der Waals surface area contributed by atoms with Crippen LogP contribution in [0.1, 0.15) is 0 Å². The van der Waals surface area contributed by atoms with Crippen molar-refractivity contribution in [2.75, 3.05) is 0 Å². The molecule has 2 aromatic heterocycles. The fraction of sp³-hybridized carbons (Fsp3) is 0. The highest BCUT2D eigenvalue weighted by Crippen LogP contribution is 2.23. The molecule has 0 amide bonds. The largest absolute Gasteiger partial charge is 0.332 e. The highest BCUT2D eigenvalue weighted by atomic mass is 35.5. The Kier molecular flexibility index (Phi) is 2.00. The van der Waals surface area contributed by atoms with Crippen LogP contribution in [0.3, 0.4) is 0 Å². The average molecular weight is 270 g/mol. The van der Waals surface area contributed by atoms with Gasteiger partial charge in [-0.05, 0) is 30.3 Å². The maximum atomic E-state index is 12.2. The third-order valence-electron chi connectivity index (χ3n) is 3.23. The van der Waals surface area contributed by atoms with Crippen LogP contribution in [0.15, 0.2) is 47.3 Å². The van der Waals surface area contributed by atoms with E-state index in [1.165, 1.54) is 0 Å². The van der Waals surface area contributed by atoms with Crippen LogP contribution in [0, 0.1) is 0 Å². The van der Waals surface area contributed by atoms with E-state index in [0.717, 1.165) is 16.4 Å². The second-order valence-electron chi connectivity index (χ2n) is 4.38. The van der Waals surface area contributed by atoms with Crippen molar-refractivity contribution in [3.05, 3.63) is 58.0 Å². The van der Waals surface area contributed by atoms with Crippen LogP contribution in [0.5, 0.6) is 0 Å². The molecule has 0 bridgehead atoms. The van der Waals surface area contributed by atoms with Gasteiger partial charge in [0.05, 0.1) is 16.6 Å². The van der Waals surface area contributed by atoms with Crippen molar-refractivity contribution in [3.8, 4) is 0 Å². The minimum atomic E-state index is -0.196. The summed E-state index contributed by atoms with van der Waals surface area (Å²) in [5.41, 5.74) is 2.71. The summed E-state index contributed by atoms with van der Waals surface area (Å²) in [6.45, 7) is 0. The number of imidazole rings is 1. The molecule has 2 heterocycles. The number of fused-ring (bicyclic) bond motifs is 5. The van der Waals surface area contributed by atoms with Crippen molar-refractivity contribution in [2.24, 2.45) is 0 Å². The van der Waals surface area contributed by atoms with Crippen molar-refractivity contribution in [1.29, 1.82) is 0 Å². The van der Waals surface area contributed by atoms with Crippen LogP contribution >= 0.6 is 11.6 Å². The molecule has 0 aliphatic carbocycles. The third kappa shape index (κ3) is 1.40. The van der Waals surface area contributed by atoms with E-state index >= 15 is 0 Å². The van der Waals surface area contributed by atoms with Crippen LogP contribution in [0.25, 0.3) is 27.6 Å². The van der Waals surface area contributed by atoms with Gasteiger partial charge in [0.15, 0.2) is 5.65 Å². The average Bonchev–Trinajstić information content (AvgIpc) is 2.78. The molecule has 0 atom stereocenters. The number of aromatic amines is 1. The maximum absolute atomic E-state index is 12.2. The quantitative estimate of drug-likeness (QED) is 0.533. The molecule has 0 saturated carbocycles. The monoisotopic (exact) mass is 269 g/mol. The van der Waals surface area contributed by atoms with Crippen molar-refractivity contribution < 1.29 is 0 Å². The van der Waals surface area contributed by atoms with Gasteiger partial charge in [-0.25, -0.2) is 14.2 Å². The highest BCUT2D eigenvalue weighted by molar-refractivity contribution is 6.31. The molecule has 4 nitrogen and oxygen atoms in total. The number of rotatable bonds is 0. The minimum Gasteiger partial charge on any atom is -0.306 e. The topological polar surface area (TPSA) is 50.2 Å². The summed E-state index contributed by atoms with van der Waals surface area (Å²) in [7, 11) is 0. The highest BCUT2D eigenvalue weighted by Gasteiger charge is 2.11. The van der Waals surface area contributed by atoms with Crippen LogP contribution in [0.4, 0.5) is 0 Å². The number of hydrogen-bond acceptors (Lipinski definition) is 2. The van der Waals surface area contributed by atoms with Gasteiger partial charge in [-0.2, -0.15) is 0 Å². The maximum Gasteiger partial charge on any atom is 0.332 e. The zero-order valence-corrected chi connectivity index (χ0v) is 10.5. The zero-order chi connectivity index (χ0) is 13.0. The predicted molar refractivity (Wildman–Crippen MR) is 75.8 cm³/mol. The molecule has 0 aliphatic rings. The lowest BCUT2D eigenvalue weighted by Crippen LogP contribution is -2.15. The second-order valence-corrected chi connectivity index (χ2v) is 4.82. The Morgan fingerprint density at radius 2 is 2.00 bits per heavy atom. The van der Waals surface area contributed by atoms with Gasteiger partial charge in [-0.1, -0.05) is 23.7 Å². The van der Waals surface area contributed by atoms with E-state index in [4.69, 9.17) is 11.6 Å². The van der Waals surface area contributed by atoms with Crippen molar-refractivity contribution in [3.63, 3.8) is 0 Å². The fourth-order valence-electron chi connectivity index (χ4n) is 2.40. The van der Waals surface area contributed by atoms with E-state index in [9.17, 15) is 4.79 Å². The summed E-state index contributed by atoms with van der Waals surface area (Å²) in [5, 5.41) is 1.52. The number of hydrogen-bond donors (Lipinski definition) is 1. The summed E-state index contributed by atoms with van der Waals surface area (Å²) in [6.07, 6.45) is 0. The minimum absolute atomic E-state index is 0.196. The van der Waals surface area contributed by atoms with Crippen LogP contribution in [-0.4, -0.2) is 14.4 Å². The molecule has 0 aliphatic heterocycles. The zero-order valence-electron chi connectivity index (χ0n) is 9.72. The summed E-state index contributed by atoms with van der Waals surface area (Å²) in [5.74, 6) is 0. The predicted octanol–water partition coefficient (Wildman–Crippen LogP) is 2.98. The molecule has 0 fully saturated rings. The number of para-hydroxylation sites is 1. The Morgan fingerprint density at radius 1 is 1.16 bits per heavy atom. The van der Waals surface area contributed by atoms with Gasteiger partial charge < -0.3 is 4.98 Å². The SMILES string of the molecule is O=c1[nH]c2ccccc2c2nc3cc(Cl)ccc3n12. The molecule has 92 valence electrons. The van der Waals surface area contributed by atoms with Gasteiger partial charge >= 0.3 is 5.69 Å². The van der Waals surface area contributed by atoms with E-state index in [0.29, 0.717) is 16.2 Å². The Hall–Kier alpha value is -2.33. The summed E-state index contributed by atoms with van der Waals surface area (Å²) >= 11 is 5.97. The van der Waals surface area contributed by atoms with E-state index in [-0.39, 0.29) is 5.69 Å². The normalized spacial score (nSPS) is 11.6. The third-order valence-corrected chi connectivity index (χ3v) is 3.46. The van der Waals surface area contributed by atoms with E-state index < -0.39 is 0 Å². The molecule has 19 heavy (non-hydrogen) atoms. The first-order chi connectivity index (χ1) is 9.24. The molecular formula is C14H8ClN3O. The van der Waals surface area contributed by atoms with Crippen molar-refractivity contribution >= 4 is 39.2 Å². The van der Waals surface area contributed by atoms with E-state index in [2.05, 4.69) is 9.97 Å². The van der Waals surface area contributed by atoms with Crippen LogP contribution in [-0.2, 0) is 0 Å². The summed E-state index contributed by atoms with van der Waals surface area (Å²) < 4.78 is 1.58. The van der Waals surface area contributed by atoms with Crippen molar-refractivity contribution in [1.82, 2.24) is 14.4 Å². The first-order valence-corrected chi connectivity index (χ1v) is 6.20. The van der Waals surface area contributed by atoms with Gasteiger partial charge in [-0.15, -0.1) is 0 Å². The molecule has 4 aromatic rings. The second kappa shape index (κ2) is 3.59. The summed E-state index contributed by atoms with van der Waals surface area (Å²) in [6, 6.07) is 12.9. The van der Waals surface area contributed by atoms with E-state index in [1.54, 1.807) is 16.5 Å². The molecule has 1 N–H and O–H groups in total. The molecule has 2 aromatic carbocycles. The standard InChI is InChI=1S/C14H8ClN3O/c15-8-5-6-12-11(7-8)16-13-9-3-1-2-4-10(9)17-14(19)18(12)13/h1-7H,(H,17,19). The molecular weight excluding hydrogens is 262 g/mol. The molecule has 0 spiro atoms. The first-order valence-electron chi connectivity index (χ1n) is 5.83. The van der Waals surface area contributed by atoms with Gasteiger partial charge in [0, 0.05) is 10.4 Å². The van der Waals surface area contributed by atoms with Gasteiger partial charge in [0.2, 0.25) is 0 Å². The molecule has 5 heteroatoms. The van der Waals surface area contributed by atoms with Gasteiger partial charge in [-0.3, -0.25) is 0 Å². The lowest BCUT2D eigenvalue weighted by molar-refractivity contribution is 1.06. The van der Waals surface area contributed by atoms with Crippen LogP contribution < -0.4 is 5.69 Å². The summed E-state index contributed by atoms with van der Waals surface area (Å²) in [4.78, 5) is 19.6. The van der Waals surface area contributed by atoms with Gasteiger partial charge in [0.25, 0.3) is 0 Å². The molecule has 4 rings (SSSR count). The van der Waals surface area contributed by atoms with Crippen molar-refractivity contribution in [2.45, 2.75) is 0 Å². The fourth-order valence-corrected chi connectivity index (χ4v) is 2.56. The molecule has 0 saturated heterocycles. The lowest BCUT2D eigenvalue weighted by Gasteiger charge is -1.99. The number of nitrogens with zero attached hydrogens (tertiary/aromatic N) is 2. The van der Waals surface area contributed by atoms with E-state index in [1.807, 2.05) is 30.3 Å². The molecule has 0 unspecified atom stereocenters. The Labute approximate surface area is 112 Å². The number of halogens is 1. The number of benzene rings is 2. The number of H-pyrrole nitrogens is 1.